The Kier molecular flexibility index (Phi) is 3.21. The second-order valence-corrected chi connectivity index (χ2v) is 5.68. The van der Waals surface area contributed by atoms with Gasteiger partial charge in [0.15, 0.2) is 6.29 Å². The van der Waals surface area contributed by atoms with Crippen molar-refractivity contribution in [3.05, 3.63) is 39.0 Å². The van der Waals surface area contributed by atoms with Crippen molar-refractivity contribution < 1.29 is 4.79 Å². The Labute approximate surface area is 121 Å². The van der Waals surface area contributed by atoms with E-state index in [9.17, 15) is 4.79 Å². The zero-order valence-electron chi connectivity index (χ0n) is 10.4. The minimum atomic E-state index is 0.480. The monoisotopic (exact) mass is 294 g/mol. The first-order valence-corrected chi connectivity index (χ1v) is 6.80. The Hall–Kier alpha value is -1.16. The van der Waals surface area contributed by atoms with Crippen LogP contribution in [0, 0.1) is 0 Å². The first kappa shape index (κ1) is 12.9. The van der Waals surface area contributed by atoms with Crippen molar-refractivity contribution in [2.24, 2.45) is 0 Å². The van der Waals surface area contributed by atoms with E-state index in [-0.39, 0.29) is 0 Å². The Morgan fingerprint density at radius 3 is 2.89 bits per heavy atom. The number of carbonyl (C=O) groups excluding carboxylic acids is 1. The van der Waals surface area contributed by atoms with Gasteiger partial charge >= 0.3 is 0 Å². The van der Waals surface area contributed by atoms with E-state index < -0.39 is 0 Å². The molecule has 0 atom stereocenters. The van der Waals surface area contributed by atoms with Gasteiger partial charge in [0.1, 0.15) is 0 Å². The number of nitrogens with zero attached hydrogens (tertiary/aromatic N) is 2. The average molecular weight is 295 g/mol. The lowest BCUT2D eigenvalue weighted by atomic mass is 9.97. The molecule has 3 rings (SSSR count). The summed E-state index contributed by atoms with van der Waals surface area (Å²) in [6, 6.07) is 3.41. The summed E-state index contributed by atoms with van der Waals surface area (Å²) in [6.45, 7) is 1.67. The number of pyridine rings is 1. The van der Waals surface area contributed by atoms with Crippen molar-refractivity contribution in [3.63, 3.8) is 0 Å². The topological polar surface area (TPSA) is 33.2 Å². The fourth-order valence-electron chi connectivity index (χ4n) is 2.59. The number of carbonyl (C=O) groups is 1. The van der Waals surface area contributed by atoms with Gasteiger partial charge in [-0.15, -0.1) is 0 Å². The average Bonchev–Trinajstić information content (AvgIpc) is 2.36. The van der Waals surface area contributed by atoms with Crippen molar-refractivity contribution in [3.8, 4) is 0 Å². The normalized spacial score (nSPS) is 15.5. The molecule has 0 amide bonds. The predicted molar refractivity (Wildman–Crippen MR) is 77.2 cm³/mol. The molecule has 98 valence electrons. The van der Waals surface area contributed by atoms with Gasteiger partial charge in [0.05, 0.1) is 10.5 Å². The van der Waals surface area contributed by atoms with Gasteiger partial charge < -0.3 is 4.90 Å². The van der Waals surface area contributed by atoms with E-state index in [1.165, 1.54) is 0 Å². The molecule has 5 heteroatoms. The Morgan fingerprint density at radius 2 is 2.16 bits per heavy atom. The zero-order valence-corrected chi connectivity index (χ0v) is 11.9. The summed E-state index contributed by atoms with van der Waals surface area (Å²) >= 11 is 12.2. The summed E-state index contributed by atoms with van der Waals surface area (Å²) in [5, 5.41) is 1.72. The molecule has 1 aliphatic heterocycles. The molecule has 0 spiro atoms. The molecule has 0 bridgehead atoms. The number of aldehydes is 1. The second kappa shape index (κ2) is 4.75. The smallest absolute Gasteiger partial charge is 0.151 e. The van der Waals surface area contributed by atoms with Gasteiger partial charge in [-0.3, -0.25) is 9.78 Å². The number of benzene rings is 1. The Balaban J connectivity index is 2.39. The Bertz CT molecular complexity index is 685. The number of fused-ring (bicyclic) bond motifs is 2. The molecule has 2 aromatic rings. The SMILES string of the molecule is CN1CCc2nc3cc(Cl)cc(Cl)c3c(C=O)c2C1. The molecule has 0 unspecified atom stereocenters. The highest BCUT2D eigenvalue weighted by Gasteiger charge is 2.21. The van der Waals surface area contributed by atoms with Crippen molar-refractivity contribution in [1.82, 2.24) is 9.88 Å². The lowest BCUT2D eigenvalue weighted by molar-refractivity contribution is 0.112. The van der Waals surface area contributed by atoms with E-state index in [0.29, 0.717) is 26.5 Å². The number of rotatable bonds is 1. The molecule has 1 aromatic carbocycles. The number of likely N-dealkylation sites (N-methyl/N-ethyl adjacent to an activating group) is 1. The third-order valence-corrected chi connectivity index (χ3v) is 4.02. The summed E-state index contributed by atoms with van der Waals surface area (Å²) in [5.41, 5.74) is 3.31. The minimum Gasteiger partial charge on any atom is -0.302 e. The maximum atomic E-state index is 11.5. The van der Waals surface area contributed by atoms with Gasteiger partial charge in [0.2, 0.25) is 0 Å². The van der Waals surface area contributed by atoms with Crippen LogP contribution in [0.25, 0.3) is 10.9 Å². The highest BCUT2D eigenvalue weighted by molar-refractivity contribution is 6.39. The van der Waals surface area contributed by atoms with Crippen LogP contribution in [0.15, 0.2) is 12.1 Å². The molecule has 1 aromatic heterocycles. The first-order valence-electron chi connectivity index (χ1n) is 6.04. The summed E-state index contributed by atoms with van der Waals surface area (Å²) in [7, 11) is 2.03. The highest BCUT2D eigenvalue weighted by Crippen LogP contribution is 2.33. The van der Waals surface area contributed by atoms with Crippen LogP contribution in [0.5, 0.6) is 0 Å². The van der Waals surface area contributed by atoms with Gasteiger partial charge in [0, 0.05) is 41.2 Å². The van der Waals surface area contributed by atoms with Gasteiger partial charge in [-0.1, -0.05) is 23.2 Å². The van der Waals surface area contributed by atoms with E-state index in [2.05, 4.69) is 9.88 Å². The molecular formula is C14H12Cl2N2O. The van der Waals surface area contributed by atoms with Gasteiger partial charge in [-0.2, -0.15) is 0 Å². The molecule has 19 heavy (non-hydrogen) atoms. The summed E-state index contributed by atoms with van der Waals surface area (Å²) in [5.74, 6) is 0. The van der Waals surface area contributed by atoms with Gasteiger partial charge in [-0.05, 0) is 24.7 Å². The molecule has 3 nitrogen and oxygen atoms in total. The van der Waals surface area contributed by atoms with Crippen molar-refractivity contribution in [1.29, 1.82) is 0 Å². The van der Waals surface area contributed by atoms with Crippen LogP contribution in [0.1, 0.15) is 21.6 Å². The van der Waals surface area contributed by atoms with Crippen LogP contribution in [0.2, 0.25) is 10.0 Å². The van der Waals surface area contributed by atoms with Crippen molar-refractivity contribution in [2.45, 2.75) is 13.0 Å². The van der Waals surface area contributed by atoms with Crippen LogP contribution >= 0.6 is 23.2 Å². The van der Waals surface area contributed by atoms with Crippen molar-refractivity contribution in [2.75, 3.05) is 13.6 Å². The fraction of sp³-hybridized carbons (Fsp3) is 0.286. The molecule has 2 heterocycles. The van der Waals surface area contributed by atoms with E-state index in [0.717, 1.165) is 37.1 Å². The molecule has 0 N–H and O–H groups in total. The van der Waals surface area contributed by atoms with Crippen LogP contribution < -0.4 is 0 Å². The van der Waals surface area contributed by atoms with E-state index in [1.54, 1.807) is 12.1 Å². The van der Waals surface area contributed by atoms with E-state index in [1.807, 2.05) is 7.05 Å². The van der Waals surface area contributed by atoms with E-state index >= 15 is 0 Å². The van der Waals surface area contributed by atoms with E-state index in [4.69, 9.17) is 23.2 Å². The molecule has 0 saturated carbocycles. The van der Waals surface area contributed by atoms with Crippen LogP contribution in [0.3, 0.4) is 0 Å². The number of hydrogen-bond donors (Lipinski definition) is 0. The summed E-state index contributed by atoms with van der Waals surface area (Å²) < 4.78 is 0. The molecule has 0 aliphatic carbocycles. The van der Waals surface area contributed by atoms with Crippen LogP contribution in [-0.2, 0) is 13.0 Å². The number of aromatic nitrogens is 1. The molecule has 0 fully saturated rings. The highest BCUT2D eigenvalue weighted by atomic mass is 35.5. The number of hydrogen-bond acceptors (Lipinski definition) is 3. The lowest BCUT2D eigenvalue weighted by Crippen LogP contribution is -2.28. The molecule has 1 aliphatic rings. The Morgan fingerprint density at radius 1 is 1.37 bits per heavy atom. The fourth-order valence-corrected chi connectivity index (χ4v) is 3.18. The van der Waals surface area contributed by atoms with Gasteiger partial charge in [0.25, 0.3) is 0 Å². The maximum Gasteiger partial charge on any atom is 0.151 e. The largest absolute Gasteiger partial charge is 0.302 e. The maximum absolute atomic E-state index is 11.5. The van der Waals surface area contributed by atoms with Crippen LogP contribution in [0.4, 0.5) is 0 Å². The molecule has 0 saturated heterocycles. The third-order valence-electron chi connectivity index (χ3n) is 3.51. The summed E-state index contributed by atoms with van der Waals surface area (Å²) in [6.07, 6.45) is 1.72. The second-order valence-electron chi connectivity index (χ2n) is 4.84. The lowest BCUT2D eigenvalue weighted by Gasteiger charge is -2.26. The third kappa shape index (κ3) is 2.12. The van der Waals surface area contributed by atoms with Gasteiger partial charge in [-0.25, -0.2) is 0 Å². The first-order chi connectivity index (χ1) is 9.10. The zero-order chi connectivity index (χ0) is 13.6. The standard InChI is InChI=1S/C14H12Cl2N2O/c1-18-3-2-12-9(6-18)10(7-19)14-11(16)4-8(15)5-13(14)17-12/h4-5,7H,2-3,6H2,1H3. The van der Waals surface area contributed by atoms with Crippen LogP contribution in [-0.4, -0.2) is 29.8 Å². The predicted octanol–water partition coefficient (Wildman–Crippen LogP) is 3.34. The quantitative estimate of drug-likeness (QED) is 0.756. The molecular weight excluding hydrogens is 283 g/mol. The van der Waals surface area contributed by atoms with Crippen molar-refractivity contribution >= 4 is 40.4 Å². The molecule has 0 radical (unpaired) electrons. The number of halogens is 2. The summed E-state index contributed by atoms with van der Waals surface area (Å²) in [4.78, 5) is 18.3. The minimum absolute atomic E-state index is 0.480.